The molecule has 0 bridgehead atoms. The Hall–Kier alpha value is -2.93. The van der Waals surface area contributed by atoms with Crippen LogP contribution in [0, 0.1) is 0 Å². The van der Waals surface area contributed by atoms with E-state index in [9.17, 15) is 13.2 Å². The van der Waals surface area contributed by atoms with Gasteiger partial charge >= 0.3 is 0 Å². The third-order valence-electron chi connectivity index (χ3n) is 5.56. The second kappa shape index (κ2) is 5.53. The molecular weight excluding hydrogens is 362 g/mol. The van der Waals surface area contributed by atoms with Crippen molar-refractivity contribution in [3.8, 4) is 0 Å². The van der Waals surface area contributed by atoms with Crippen molar-refractivity contribution in [3.05, 3.63) is 60.3 Å². The number of rotatable bonds is 3. The van der Waals surface area contributed by atoms with E-state index in [0.29, 0.717) is 11.2 Å². The number of benzene rings is 2. The minimum atomic E-state index is -3.81. The molecule has 0 unspecified atom stereocenters. The zero-order valence-electron chi connectivity index (χ0n) is 14.4. The van der Waals surface area contributed by atoms with Crippen LogP contribution < -0.4 is 10.0 Å². The lowest BCUT2D eigenvalue weighted by atomic mass is 9.65. The van der Waals surface area contributed by atoms with E-state index in [1.54, 1.807) is 42.6 Å². The molecule has 27 heavy (non-hydrogen) atoms. The van der Waals surface area contributed by atoms with Crippen molar-refractivity contribution in [1.82, 2.24) is 4.98 Å². The summed E-state index contributed by atoms with van der Waals surface area (Å²) in [6.07, 6.45) is 4.18. The van der Waals surface area contributed by atoms with Crippen LogP contribution in [0.3, 0.4) is 0 Å². The predicted octanol–water partition coefficient (Wildman–Crippen LogP) is 3.41. The zero-order valence-corrected chi connectivity index (χ0v) is 15.2. The standard InChI is InChI=1S/C20H17N3O3S/c24-19-20(9-3-10-20)15-12-14(7-8-16(15)22-19)23-27(25,26)17-6-1-4-13-5-2-11-21-18(13)17/h1-2,4-8,11-12,23H,3,9-10H2,(H,22,24). The van der Waals surface area contributed by atoms with Crippen molar-refractivity contribution in [1.29, 1.82) is 0 Å². The summed E-state index contributed by atoms with van der Waals surface area (Å²) in [6.45, 7) is 0. The van der Waals surface area contributed by atoms with Crippen molar-refractivity contribution >= 4 is 38.2 Å². The van der Waals surface area contributed by atoms with E-state index < -0.39 is 15.4 Å². The van der Waals surface area contributed by atoms with Gasteiger partial charge in [0.15, 0.2) is 0 Å². The van der Waals surface area contributed by atoms with Crippen molar-refractivity contribution in [3.63, 3.8) is 0 Å². The van der Waals surface area contributed by atoms with Gasteiger partial charge in [-0.05, 0) is 48.7 Å². The number of aromatic nitrogens is 1. The lowest BCUT2D eigenvalue weighted by Crippen LogP contribution is -2.40. The van der Waals surface area contributed by atoms with E-state index in [-0.39, 0.29) is 10.8 Å². The lowest BCUT2D eigenvalue weighted by molar-refractivity contribution is -0.123. The van der Waals surface area contributed by atoms with Gasteiger partial charge in [0.1, 0.15) is 4.90 Å². The predicted molar refractivity (Wildman–Crippen MR) is 103 cm³/mol. The number of sulfonamides is 1. The molecule has 0 radical (unpaired) electrons. The number of carbonyl (C=O) groups excluding carboxylic acids is 1. The minimum Gasteiger partial charge on any atom is -0.325 e. The SMILES string of the molecule is O=C1Nc2ccc(NS(=O)(=O)c3cccc4cccnc34)cc2C12CCC2. The van der Waals surface area contributed by atoms with E-state index in [1.165, 1.54) is 0 Å². The van der Waals surface area contributed by atoms with E-state index in [4.69, 9.17) is 0 Å². The highest BCUT2D eigenvalue weighted by Gasteiger charge is 2.51. The first kappa shape index (κ1) is 16.3. The molecule has 0 saturated heterocycles. The molecule has 6 nitrogen and oxygen atoms in total. The van der Waals surface area contributed by atoms with Gasteiger partial charge in [-0.1, -0.05) is 24.6 Å². The van der Waals surface area contributed by atoms with E-state index in [1.807, 2.05) is 12.1 Å². The Balaban J connectivity index is 1.55. The van der Waals surface area contributed by atoms with Gasteiger partial charge in [0, 0.05) is 23.0 Å². The van der Waals surface area contributed by atoms with Crippen LogP contribution in [-0.2, 0) is 20.2 Å². The summed E-state index contributed by atoms with van der Waals surface area (Å²) in [7, 11) is -3.81. The van der Waals surface area contributed by atoms with Gasteiger partial charge in [0.05, 0.1) is 10.9 Å². The fourth-order valence-electron chi connectivity index (χ4n) is 4.01. The Bertz CT molecular complexity index is 1190. The van der Waals surface area contributed by atoms with Crippen LogP contribution >= 0.6 is 0 Å². The van der Waals surface area contributed by atoms with Crippen molar-refractivity contribution < 1.29 is 13.2 Å². The number of hydrogen-bond acceptors (Lipinski definition) is 4. The first-order chi connectivity index (χ1) is 13.0. The molecule has 1 aromatic heterocycles. The summed E-state index contributed by atoms with van der Waals surface area (Å²) in [6, 6.07) is 13.9. The summed E-state index contributed by atoms with van der Waals surface area (Å²) in [5, 5.41) is 3.67. The molecule has 1 saturated carbocycles. The van der Waals surface area contributed by atoms with Gasteiger partial charge in [-0.2, -0.15) is 0 Å². The van der Waals surface area contributed by atoms with Crippen LogP contribution in [0.15, 0.2) is 59.6 Å². The molecule has 1 spiro atoms. The second-order valence-corrected chi connectivity index (χ2v) is 8.74. The second-order valence-electron chi connectivity index (χ2n) is 7.09. The van der Waals surface area contributed by atoms with Crippen LogP contribution in [0.4, 0.5) is 11.4 Å². The van der Waals surface area contributed by atoms with Crippen LogP contribution in [0.1, 0.15) is 24.8 Å². The van der Waals surface area contributed by atoms with Crippen molar-refractivity contribution in [2.24, 2.45) is 0 Å². The summed E-state index contributed by atoms with van der Waals surface area (Å²) in [5.41, 5.74) is 2.05. The lowest BCUT2D eigenvalue weighted by Gasteiger charge is -2.36. The quantitative estimate of drug-likeness (QED) is 0.730. The molecule has 0 atom stereocenters. The largest absolute Gasteiger partial charge is 0.325 e. The smallest absolute Gasteiger partial charge is 0.264 e. The minimum absolute atomic E-state index is 0.0158. The summed E-state index contributed by atoms with van der Waals surface area (Å²) >= 11 is 0. The van der Waals surface area contributed by atoms with Crippen LogP contribution in [0.5, 0.6) is 0 Å². The first-order valence-electron chi connectivity index (χ1n) is 8.82. The number of hydrogen-bond donors (Lipinski definition) is 2. The van der Waals surface area contributed by atoms with Gasteiger partial charge in [0.25, 0.3) is 10.0 Å². The molecule has 2 N–H and O–H groups in total. The van der Waals surface area contributed by atoms with Gasteiger partial charge in [-0.3, -0.25) is 14.5 Å². The topological polar surface area (TPSA) is 88.2 Å². The normalized spacial score (nSPS) is 17.4. The average molecular weight is 379 g/mol. The third-order valence-corrected chi connectivity index (χ3v) is 6.98. The van der Waals surface area contributed by atoms with E-state index >= 15 is 0 Å². The maximum absolute atomic E-state index is 13.0. The summed E-state index contributed by atoms with van der Waals surface area (Å²) in [4.78, 5) is 16.7. The van der Waals surface area contributed by atoms with Crippen molar-refractivity contribution in [2.75, 3.05) is 10.0 Å². The average Bonchev–Trinajstić information content (AvgIpc) is 2.92. The monoisotopic (exact) mass is 379 g/mol. The van der Waals surface area contributed by atoms with E-state index in [0.717, 1.165) is 35.9 Å². The Kier molecular flexibility index (Phi) is 3.33. The number of amides is 1. The van der Waals surface area contributed by atoms with E-state index in [2.05, 4.69) is 15.0 Å². The molecule has 5 rings (SSSR count). The first-order valence-corrected chi connectivity index (χ1v) is 10.3. The fourth-order valence-corrected chi connectivity index (χ4v) is 5.24. The number of anilines is 2. The van der Waals surface area contributed by atoms with Crippen LogP contribution in [0.25, 0.3) is 10.9 Å². The maximum atomic E-state index is 13.0. The molecular formula is C20H17N3O3S. The van der Waals surface area contributed by atoms with Gasteiger partial charge < -0.3 is 5.32 Å². The Morgan fingerprint density at radius 1 is 1.07 bits per heavy atom. The number of pyridine rings is 1. The molecule has 2 heterocycles. The molecule has 1 aliphatic heterocycles. The maximum Gasteiger partial charge on any atom is 0.264 e. The number of para-hydroxylation sites is 1. The third kappa shape index (κ3) is 2.35. The molecule has 1 amide bonds. The van der Waals surface area contributed by atoms with Crippen LogP contribution in [0.2, 0.25) is 0 Å². The molecule has 2 aliphatic rings. The molecule has 136 valence electrons. The van der Waals surface area contributed by atoms with Gasteiger partial charge in [-0.25, -0.2) is 8.42 Å². The summed E-state index contributed by atoms with van der Waals surface area (Å²) in [5.74, 6) is 0.0158. The molecule has 7 heteroatoms. The summed E-state index contributed by atoms with van der Waals surface area (Å²) < 4.78 is 28.6. The highest BCUT2D eigenvalue weighted by atomic mass is 32.2. The van der Waals surface area contributed by atoms with Crippen LogP contribution in [-0.4, -0.2) is 19.3 Å². The highest BCUT2D eigenvalue weighted by molar-refractivity contribution is 7.93. The Morgan fingerprint density at radius 2 is 1.89 bits per heavy atom. The number of fused-ring (bicyclic) bond motifs is 3. The molecule has 3 aromatic rings. The fraction of sp³-hybridized carbons (Fsp3) is 0.200. The number of nitrogens with one attached hydrogen (secondary N) is 2. The molecule has 1 fully saturated rings. The molecule has 1 aliphatic carbocycles. The molecule has 2 aromatic carbocycles. The highest BCUT2D eigenvalue weighted by Crippen LogP contribution is 2.51. The van der Waals surface area contributed by atoms with Gasteiger partial charge in [0.2, 0.25) is 5.91 Å². The number of carbonyl (C=O) groups is 1. The zero-order chi connectivity index (χ0) is 18.6. The van der Waals surface area contributed by atoms with Gasteiger partial charge in [-0.15, -0.1) is 0 Å². The van der Waals surface area contributed by atoms with Crippen molar-refractivity contribution in [2.45, 2.75) is 29.6 Å². The Labute approximate surface area is 156 Å². The Morgan fingerprint density at radius 3 is 2.67 bits per heavy atom. The number of nitrogens with zero attached hydrogens (tertiary/aromatic N) is 1.